The molecule has 0 spiro atoms. The van der Waals surface area contributed by atoms with E-state index in [1.807, 2.05) is 0 Å². The Balaban J connectivity index is 0.000000980. The molecule has 7 heteroatoms. The summed E-state index contributed by atoms with van der Waals surface area (Å²) < 4.78 is 2.59. The Morgan fingerprint density at radius 2 is 2.00 bits per heavy atom. The number of imidazole rings is 1. The zero-order valence-corrected chi connectivity index (χ0v) is 7.24. The molecule has 0 radical (unpaired) electrons. The topological polar surface area (TPSA) is 72.7 Å². The number of nitrogens with zero attached hydrogens (tertiary/aromatic N) is 3. The van der Waals surface area contributed by atoms with Crippen LogP contribution >= 0.6 is 0 Å². The van der Waals surface area contributed by atoms with Gasteiger partial charge in [0.1, 0.15) is 0 Å². The molecule has 2 aromatic rings. The highest BCUT2D eigenvalue weighted by molar-refractivity contribution is 5.75. The monoisotopic (exact) mass is 206 g/mol. The minimum atomic E-state index is -0.448. The first-order valence-electron chi connectivity index (χ1n) is 3.71. The lowest BCUT2D eigenvalue weighted by atomic mass is 10.5. The molecule has 0 saturated heterocycles. The van der Waals surface area contributed by atoms with Crippen LogP contribution in [0.1, 0.15) is 0 Å². The summed E-state index contributed by atoms with van der Waals surface area (Å²) in [5.74, 6) is 0. The summed E-state index contributed by atoms with van der Waals surface area (Å²) in [7, 11) is 3.13. The SMILES string of the molecule is Cn1c(=O)[nH]c2ncn(C)c2c1=O.[MgH2]. The van der Waals surface area contributed by atoms with Crippen LogP contribution in [-0.4, -0.2) is 42.2 Å². The highest BCUT2D eigenvalue weighted by Gasteiger charge is 2.07. The van der Waals surface area contributed by atoms with Gasteiger partial charge in [-0.05, 0) is 0 Å². The smallest absolute Gasteiger partial charge is 0.328 e. The van der Waals surface area contributed by atoms with Crippen molar-refractivity contribution in [1.82, 2.24) is 19.1 Å². The molecule has 72 valence electrons. The number of aryl methyl sites for hydroxylation is 1. The number of hydrogen-bond acceptors (Lipinski definition) is 3. The van der Waals surface area contributed by atoms with E-state index in [1.54, 1.807) is 11.6 Å². The van der Waals surface area contributed by atoms with E-state index in [2.05, 4.69) is 9.97 Å². The van der Waals surface area contributed by atoms with Crippen molar-refractivity contribution >= 4 is 34.2 Å². The van der Waals surface area contributed by atoms with Gasteiger partial charge in [0.25, 0.3) is 5.56 Å². The number of nitrogens with one attached hydrogen (secondary N) is 1. The van der Waals surface area contributed by atoms with E-state index in [0.717, 1.165) is 4.57 Å². The van der Waals surface area contributed by atoms with Crippen molar-refractivity contribution in [3.05, 3.63) is 27.2 Å². The van der Waals surface area contributed by atoms with E-state index in [9.17, 15) is 9.59 Å². The summed E-state index contributed by atoms with van der Waals surface area (Å²) in [5, 5.41) is 0. The molecule has 0 aliphatic heterocycles. The quantitative estimate of drug-likeness (QED) is 0.509. The highest BCUT2D eigenvalue weighted by Crippen LogP contribution is 1.98. The van der Waals surface area contributed by atoms with Gasteiger partial charge in [0.15, 0.2) is 11.2 Å². The van der Waals surface area contributed by atoms with Crippen LogP contribution in [-0.2, 0) is 14.1 Å². The lowest BCUT2D eigenvalue weighted by Crippen LogP contribution is -2.33. The van der Waals surface area contributed by atoms with Crippen LogP contribution in [0.25, 0.3) is 11.2 Å². The summed E-state index contributed by atoms with van der Waals surface area (Å²) in [6.45, 7) is 0. The zero-order chi connectivity index (χ0) is 9.59. The predicted octanol–water partition coefficient (Wildman–Crippen LogP) is -1.96. The summed E-state index contributed by atoms with van der Waals surface area (Å²) in [6.07, 6.45) is 1.49. The van der Waals surface area contributed by atoms with Gasteiger partial charge in [0, 0.05) is 14.1 Å². The fourth-order valence-corrected chi connectivity index (χ4v) is 1.21. The third-order valence-corrected chi connectivity index (χ3v) is 1.97. The lowest BCUT2D eigenvalue weighted by molar-refractivity contribution is 0.783. The molecule has 2 aromatic heterocycles. The fourth-order valence-electron chi connectivity index (χ4n) is 1.21. The van der Waals surface area contributed by atoms with Crippen LogP contribution in [0.2, 0.25) is 0 Å². The Bertz CT molecular complexity index is 579. The molecular formula is C7H10MgN4O2. The van der Waals surface area contributed by atoms with Crippen molar-refractivity contribution in [2.45, 2.75) is 0 Å². The molecule has 0 amide bonds. The zero-order valence-electron chi connectivity index (χ0n) is 7.24. The molecule has 14 heavy (non-hydrogen) atoms. The fraction of sp³-hybridized carbons (Fsp3) is 0.286. The molecule has 2 heterocycles. The van der Waals surface area contributed by atoms with E-state index in [0.29, 0.717) is 11.2 Å². The molecule has 0 bridgehead atoms. The van der Waals surface area contributed by atoms with Crippen molar-refractivity contribution in [2.75, 3.05) is 0 Å². The average molecular weight is 206 g/mol. The molecule has 1 N–H and O–H groups in total. The molecule has 6 nitrogen and oxygen atoms in total. The van der Waals surface area contributed by atoms with E-state index in [4.69, 9.17) is 0 Å². The Labute approximate surface area is 94.7 Å². The third-order valence-electron chi connectivity index (χ3n) is 1.97. The number of hydrogen-bond donors (Lipinski definition) is 1. The van der Waals surface area contributed by atoms with E-state index >= 15 is 0 Å². The standard InChI is InChI=1S/C7H8N4O2.Mg.2H/c1-10-3-8-5-4(10)6(12)11(2)7(13)9-5;;;/h3H,1-2H3,(H,9,13);;;. The largest absolute Gasteiger partial charge is 0.329 e. The molecule has 0 fully saturated rings. The Morgan fingerprint density at radius 3 is 2.64 bits per heavy atom. The highest BCUT2D eigenvalue weighted by atomic mass is 24.3. The lowest BCUT2D eigenvalue weighted by Gasteiger charge is -1.96. The van der Waals surface area contributed by atoms with Gasteiger partial charge in [0.05, 0.1) is 6.33 Å². The van der Waals surface area contributed by atoms with Gasteiger partial charge in [-0.15, -0.1) is 0 Å². The normalized spacial score (nSPS) is 10.1. The molecule has 0 saturated carbocycles. The van der Waals surface area contributed by atoms with Gasteiger partial charge >= 0.3 is 28.7 Å². The van der Waals surface area contributed by atoms with E-state index < -0.39 is 5.69 Å². The summed E-state index contributed by atoms with van der Waals surface area (Å²) in [6, 6.07) is 0. The Morgan fingerprint density at radius 1 is 1.36 bits per heavy atom. The first-order valence-corrected chi connectivity index (χ1v) is 3.71. The molecule has 0 aromatic carbocycles. The van der Waals surface area contributed by atoms with Crippen LogP contribution in [0.4, 0.5) is 0 Å². The molecule has 0 aliphatic rings. The second-order valence-corrected chi connectivity index (χ2v) is 2.85. The Kier molecular flexibility index (Phi) is 2.81. The van der Waals surface area contributed by atoms with Crippen molar-refractivity contribution in [3.63, 3.8) is 0 Å². The van der Waals surface area contributed by atoms with E-state index in [1.165, 1.54) is 13.4 Å². The van der Waals surface area contributed by atoms with Gasteiger partial charge < -0.3 is 4.57 Å². The first kappa shape index (κ1) is 11.0. The van der Waals surface area contributed by atoms with Crippen LogP contribution in [0.15, 0.2) is 15.9 Å². The van der Waals surface area contributed by atoms with Gasteiger partial charge in [-0.1, -0.05) is 0 Å². The number of aromatic nitrogens is 4. The maximum absolute atomic E-state index is 11.5. The Hall–Kier alpha value is -1.08. The second kappa shape index (κ2) is 3.58. The average Bonchev–Trinajstić information content (AvgIpc) is 2.43. The van der Waals surface area contributed by atoms with Gasteiger partial charge in [-0.3, -0.25) is 14.3 Å². The maximum atomic E-state index is 11.5. The van der Waals surface area contributed by atoms with Gasteiger partial charge in [-0.2, -0.15) is 0 Å². The predicted molar refractivity (Wildman–Crippen MR) is 55.1 cm³/mol. The summed E-state index contributed by atoms with van der Waals surface area (Å²) in [5.41, 5.74) is -0.0485. The molecule has 0 unspecified atom stereocenters. The van der Waals surface area contributed by atoms with Gasteiger partial charge in [-0.25, -0.2) is 9.78 Å². The maximum Gasteiger partial charge on any atom is 0.329 e. The van der Waals surface area contributed by atoms with Crippen LogP contribution in [0, 0.1) is 0 Å². The van der Waals surface area contributed by atoms with Crippen molar-refractivity contribution in [2.24, 2.45) is 14.1 Å². The first-order chi connectivity index (χ1) is 6.11. The van der Waals surface area contributed by atoms with Crippen molar-refractivity contribution in [3.8, 4) is 0 Å². The molecule has 0 atom stereocenters. The molecular weight excluding hydrogens is 196 g/mol. The number of aromatic amines is 1. The minimum Gasteiger partial charge on any atom is -0.328 e. The number of H-pyrrole nitrogens is 1. The number of fused-ring (bicyclic) bond motifs is 1. The van der Waals surface area contributed by atoms with Crippen molar-refractivity contribution in [1.29, 1.82) is 0 Å². The van der Waals surface area contributed by atoms with Gasteiger partial charge in [0.2, 0.25) is 0 Å². The third kappa shape index (κ3) is 1.38. The van der Waals surface area contributed by atoms with Crippen molar-refractivity contribution < 1.29 is 0 Å². The minimum absolute atomic E-state index is 0. The second-order valence-electron chi connectivity index (χ2n) is 2.85. The summed E-state index contributed by atoms with van der Waals surface area (Å²) >= 11 is 0. The molecule has 2 rings (SSSR count). The van der Waals surface area contributed by atoms with Crippen LogP contribution in [0.5, 0.6) is 0 Å². The summed E-state index contributed by atoms with van der Waals surface area (Å²) in [4.78, 5) is 29.0. The molecule has 0 aliphatic carbocycles. The van der Waals surface area contributed by atoms with E-state index in [-0.39, 0.29) is 28.6 Å². The number of rotatable bonds is 0. The van der Waals surface area contributed by atoms with Crippen LogP contribution in [0.3, 0.4) is 0 Å². The van der Waals surface area contributed by atoms with Crippen LogP contribution < -0.4 is 11.2 Å².